The van der Waals surface area contributed by atoms with E-state index in [4.69, 9.17) is 21.8 Å². The van der Waals surface area contributed by atoms with Gasteiger partial charge in [-0.05, 0) is 17.7 Å². The van der Waals surface area contributed by atoms with E-state index in [1.807, 2.05) is 0 Å². The Labute approximate surface area is 107 Å². The average molecular weight is 276 g/mol. The molecule has 0 aliphatic carbocycles. The average Bonchev–Trinajstić information content (AvgIpc) is 2.29. The maximum absolute atomic E-state index is 13.4. The zero-order chi connectivity index (χ0) is 13.7. The Morgan fingerprint density at radius 2 is 2.11 bits per heavy atom. The predicted molar refractivity (Wildman–Crippen MR) is 61.8 cm³/mol. The van der Waals surface area contributed by atoms with Crippen molar-refractivity contribution >= 4 is 23.5 Å². The lowest BCUT2D eigenvalue weighted by Crippen LogP contribution is -2.44. The molecule has 98 valence electrons. The van der Waals surface area contributed by atoms with Gasteiger partial charge < -0.3 is 15.5 Å². The number of carboxylic acids is 1. The Balaban J connectivity index is 2.67. The van der Waals surface area contributed by atoms with Gasteiger partial charge in [0.15, 0.2) is 0 Å². The summed E-state index contributed by atoms with van der Waals surface area (Å²) in [4.78, 5) is 22.0. The SMILES string of the molecule is O=C(Cc1ccc(Cl)cc1F)NC(CO)C(=O)O. The van der Waals surface area contributed by atoms with E-state index in [-0.39, 0.29) is 17.0 Å². The minimum Gasteiger partial charge on any atom is -0.480 e. The van der Waals surface area contributed by atoms with Crippen LogP contribution in [0.4, 0.5) is 4.39 Å². The summed E-state index contributed by atoms with van der Waals surface area (Å²) in [6.07, 6.45) is -0.327. The topological polar surface area (TPSA) is 86.6 Å². The molecule has 0 saturated carbocycles. The second-order valence-corrected chi connectivity index (χ2v) is 3.99. The van der Waals surface area contributed by atoms with Crippen molar-refractivity contribution in [1.29, 1.82) is 0 Å². The number of carbonyl (C=O) groups excluding carboxylic acids is 1. The monoisotopic (exact) mass is 275 g/mol. The molecule has 0 aliphatic rings. The molecule has 3 N–H and O–H groups in total. The largest absolute Gasteiger partial charge is 0.480 e. The quantitative estimate of drug-likeness (QED) is 0.734. The van der Waals surface area contributed by atoms with Gasteiger partial charge in [-0.25, -0.2) is 9.18 Å². The lowest BCUT2D eigenvalue weighted by Gasteiger charge is -2.11. The van der Waals surface area contributed by atoms with E-state index in [0.29, 0.717) is 0 Å². The van der Waals surface area contributed by atoms with E-state index in [1.165, 1.54) is 12.1 Å². The van der Waals surface area contributed by atoms with Crippen LogP contribution in [0, 0.1) is 5.82 Å². The second kappa shape index (κ2) is 6.32. The van der Waals surface area contributed by atoms with Crippen LogP contribution in [0.3, 0.4) is 0 Å². The number of aliphatic carboxylic acids is 1. The molecule has 1 unspecified atom stereocenters. The number of halogens is 2. The van der Waals surface area contributed by atoms with Crippen molar-refractivity contribution in [2.75, 3.05) is 6.61 Å². The van der Waals surface area contributed by atoms with Gasteiger partial charge in [0.1, 0.15) is 11.9 Å². The van der Waals surface area contributed by atoms with Crippen LogP contribution in [0.1, 0.15) is 5.56 Å². The number of hydrogen-bond donors (Lipinski definition) is 3. The third kappa shape index (κ3) is 3.97. The zero-order valence-corrected chi connectivity index (χ0v) is 9.95. The van der Waals surface area contributed by atoms with Gasteiger partial charge in [-0.1, -0.05) is 17.7 Å². The fraction of sp³-hybridized carbons (Fsp3) is 0.273. The minimum absolute atomic E-state index is 0.0963. The second-order valence-electron chi connectivity index (χ2n) is 3.55. The molecule has 5 nitrogen and oxygen atoms in total. The summed E-state index contributed by atoms with van der Waals surface area (Å²) in [5.41, 5.74) is 0.0963. The van der Waals surface area contributed by atoms with Crippen LogP contribution in [0.2, 0.25) is 5.02 Å². The Morgan fingerprint density at radius 1 is 1.44 bits per heavy atom. The van der Waals surface area contributed by atoms with E-state index in [9.17, 15) is 14.0 Å². The van der Waals surface area contributed by atoms with E-state index in [0.717, 1.165) is 6.07 Å². The van der Waals surface area contributed by atoms with Crippen molar-refractivity contribution < 1.29 is 24.2 Å². The lowest BCUT2D eigenvalue weighted by molar-refractivity contribution is -0.142. The molecule has 0 fully saturated rings. The number of rotatable bonds is 5. The van der Waals surface area contributed by atoms with Gasteiger partial charge in [0.05, 0.1) is 13.0 Å². The number of carboxylic acid groups (broad SMARTS) is 1. The Morgan fingerprint density at radius 3 is 2.61 bits per heavy atom. The number of carbonyl (C=O) groups is 2. The van der Waals surface area contributed by atoms with E-state index >= 15 is 0 Å². The summed E-state index contributed by atoms with van der Waals surface area (Å²) >= 11 is 5.55. The molecule has 0 radical (unpaired) electrons. The highest BCUT2D eigenvalue weighted by molar-refractivity contribution is 6.30. The number of nitrogens with one attached hydrogen (secondary N) is 1. The smallest absolute Gasteiger partial charge is 0.328 e. The molecule has 1 amide bonds. The van der Waals surface area contributed by atoms with Gasteiger partial charge in [0.2, 0.25) is 5.91 Å². The molecule has 0 saturated heterocycles. The van der Waals surface area contributed by atoms with Gasteiger partial charge in [-0.3, -0.25) is 4.79 Å². The van der Waals surface area contributed by atoms with Crippen LogP contribution in [-0.2, 0) is 16.0 Å². The maximum Gasteiger partial charge on any atom is 0.328 e. The van der Waals surface area contributed by atoms with E-state index in [1.54, 1.807) is 0 Å². The Bertz CT molecular complexity index is 466. The normalized spacial score (nSPS) is 11.9. The van der Waals surface area contributed by atoms with Gasteiger partial charge >= 0.3 is 5.97 Å². The number of benzene rings is 1. The molecule has 0 spiro atoms. The molecule has 1 rings (SSSR count). The molecule has 1 atom stereocenters. The van der Waals surface area contributed by atoms with Crippen LogP contribution in [0.25, 0.3) is 0 Å². The number of aliphatic hydroxyl groups is 1. The lowest BCUT2D eigenvalue weighted by atomic mass is 10.1. The summed E-state index contributed by atoms with van der Waals surface area (Å²) < 4.78 is 13.4. The van der Waals surface area contributed by atoms with Crippen LogP contribution in [-0.4, -0.2) is 34.7 Å². The first-order chi connectivity index (χ1) is 8.43. The minimum atomic E-state index is -1.40. The fourth-order valence-electron chi connectivity index (χ4n) is 1.27. The van der Waals surface area contributed by atoms with Crippen LogP contribution < -0.4 is 5.32 Å². The first-order valence-electron chi connectivity index (χ1n) is 5.01. The Hall–Kier alpha value is -1.66. The van der Waals surface area contributed by atoms with E-state index in [2.05, 4.69) is 5.32 Å². The highest BCUT2D eigenvalue weighted by Gasteiger charge is 2.19. The van der Waals surface area contributed by atoms with E-state index < -0.39 is 30.3 Å². The molecule has 7 heteroatoms. The van der Waals surface area contributed by atoms with Crippen LogP contribution in [0.5, 0.6) is 0 Å². The molecule has 0 aliphatic heterocycles. The summed E-state index contributed by atoms with van der Waals surface area (Å²) in [5.74, 6) is -2.70. The van der Waals surface area contributed by atoms with Crippen molar-refractivity contribution in [1.82, 2.24) is 5.32 Å². The standard InChI is InChI=1S/C11H11ClFNO4/c12-7-2-1-6(8(13)4-7)3-10(16)14-9(5-15)11(17)18/h1-2,4,9,15H,3,5H2,(H,14,16)(H,17,18). The fourth-order valence-corrected chi connectivity index (χ4v) is 1.43. The molecule has 0 aromatic heterocycles. The molecule has 1 aromatic carbocycles. The summed E-state index contributed by atoms with van der Waals surface area (Å²) in [6, 6.07) is 2.43. The first-order valence-corrected chi connectivity index (χ1v) is 5.38. The van der Waals surface area contributed by atoms with Crippen molar-refractivity contribution in [3.63, 3.8) is 0 Å². The zero-order valence-electron chi connectivity index (χ0n) is 9.19. The molecule has 18 heavy (non-hydrogen) atoms. The summed E-state index contributed by atoms with van der Waals surface area (Å²) in [5, 5.41) is 19.6. The molecule has 1 aromatic rings. The molecular weight excluding hydrogens is 265 g/mol. The van der Waals surface area contributed by atoms with Gasteiger partial charge in [-0.2, -0.15) is 0 Å². The predicted octanol–water partition coefficient (Wildman–Crippen LogP) is 0.583. The molecule has 0 heterocycles. The van der Waals surface area contributed by atoms with Gasteiger partial charge in [0.25, 0.3) is 0 Å². The Kier molecular flexibility index (Phi) is 5.06. The van der Waals surface area contributed by atoms with Crippen molar-refractivity contribution in [3.05, 3.63) is 34.6 Å². The van der Waals surface area contributed by atoms with Crippen molar-refractivity contribution in [3.8, 4) is 0 Å². The third-order valence-corrected chi connectivity index (χ3v) is 2.42. The highest BCUT2D eigenvalue weighted by atomic mass is 35.5. The first kappa shape index (κ1) is 14.4. The van der Waals surface area contributed by atoms with Gasteiger partial charge in [-0.15, -0.1) is 0 Å². The maximum atomic E-state index is 13.4. The van der Waals surface area contributed by atoms with Crippen molar-refractivity contribution in [2.45, 2.75) is 12.5 Å². The number of hydrogen-bond acceptors (Lipinski definition) is 3. The van der Waals surface area contributed by atoms with Crippen LogP contribution >= 0.6 is 11.6 Å². The highest BCUT2D eigenvalue weighted by Crippen LogP contribution is 2.14. The third-order valence-electron chi connectivity index (χ3n) is 2.18. The number of aliphatic hydroxyl groups excluding tert-OH is 1. The number of amides is 1. The molecule has 0 bridgehead atoms. The molecular formula is C11H11ClFNO4. The van der Waals surface area contributed by atoms with Crippen LogP contribution in [0.15, 0.2) is 18.2 Å². The summed E-state index contributed by atoms with van der Waals surface area (Å²) in [7, 11) is 0. The summed E-state index contributed by atoms with van der Waals surface area (Å²) in [6.45, 7) is -0.732. The van der Waals surface area contributed by atoms with Crippen molar-refractivity contribution in [2.24, 2.45) is 0 Å². The van der Waals surface area contributed by atoms with Gasteiger partial charge in [0, 0.05) is 5.02 Å².